The molecule has 1 aliphatic heterocycles. The predicted octanol–water partition coefficient (Wildman–Crippen LogP) is 0.205. The van der Waals surface area contributed by atoms with Gasteiger partial charge in [-0.15, -0.1) is 0 Å². The summed E-state index contributed by atoms with van der Waals surface area (Å²) in [6.07, 6.45) is -3.12. The maximum atomic E-state index is 13.8. The lowest BCUT2D eigenvalue weighted by Crippen LogP contribution is -2.48. The molecule has 14 nitrogen and oxygen atoms in total. The monoisotopic (exact) mass is 586 g/mol. The number of anilines is 1. The third kappa shape index (κ3) is 6.89. The molecule has 3 aromatic heterocycles. The molecule has 0 spiro atoms. The number of halogens is 3. The fourth-order valence-corrected chi connectivity index (χ4v) is 4.99. The molecule has 0 unspecified atom stereocenters. The van der Waals surface area contributed by atoms with Gasteiger partial charge in [0.2, 0.25) is 16.0 Å². The van der Waals surface area contributed by atoms with Gasteiger partial charge in [0.15, 0.2) is 0 Å². The van der Waals surface area contributed by atoms with Crippen molar-refractivity contribution in [2.24, 2.45) is 0 Å². The molecule has 0 aliphatic carbocycles. The van der Waals surface area contributed by atoms with E-state index in [-0.39, 0.29) is 42.2 Å². The van der Waals surface area contributed by atoms with E-state index in [1.54, 1.807) is 0 Å². The van der Waals surface area contributed by atoms with Gasteiger partial charge in [-0.05, 0) is 31.9 Å². The Morgan fingerprint density at radius 2 is 1.77 bits per heavy atom. The number of amides is 1. The molecular weight excluding hydrogens is 561 g/mol. The highest BCUT2D eigenvalue weighted by Gasteiger charge is 2.36. The summed E-state index contributed by atoms with van der Waals surface area (Å²) in [7, 11) is -3.34. The molecule has 40 heavy (non-hydrogen) atoms. The molecule has 0 bridgehead atoms. The highest BCUT2D eigenvalue weighted by Crippen LogP contribution is 2.36. The lowest BCUT2D eigenvalue weighted by Gasteiger charge is -2.30. The number of rotatable bonds is 7. The van der Waals surface area contributed by atoms with E-state index in [4.69, 9.17) is 15.3 Å². The maximum Gasteiger partial charge on any atom is 0.420 e. The summed E-state index contributed by atoms with van der Waals surface area (Å²) < 4.78 is 67.6. The number of alkyl halides is 3. The van der Waals surface area contributed by atoms with Crippen molar-refractivity contribution < 1.29 is 41.7 Å². The smallest absolute Gasteiger partial charge is 0.351 e. The summed E-state index contributed by atoms with van der Waals surface area (Å²) >= 11 is 0. The minimum atomic E-state index is -4.79. The number of pyridine rings is 1. The average molecular weight is 587 g/mol. The number of sulfonamides is 1. The topological polar surface area (TPSA) is 196 Å². The lowest BCUT2D eigenvalue weighted by atomic mass is 10.1. The van der Waals surface area contributed by atoms with E-state index in [9.17, 15) is 26.4 Å². The molecule has 4 rings (SSSR count). The molecule has 4 heterocycles. The van der Waals surface area contributed by atoms with Gasteiger partial charge in [-0.1, -0.05) is 0 Å². The highest BCUT2D eigenvalue weighted by molar-refractivity contribution is 7.88. The van der Waals surface area contributed by atoms with Crippen LogP contribution in [0, 0.1) is 6.92 Å². The van der Waals surface area contributed by atoms with Crippen LogP contribution in [0.1, 0.15) is 34.6 Å². The van der Waals surface area contributed by atoms with Crippen LogP contribution in [0.25, 0.3) is 17.1 Å². The van der Waals surface area contributed by atoms with Crippen molar-refractivity contribution >= 4 is 21.9 Å². The number of piperidine rings is 1. The Morgan fingerprint density at radius 3 is 2.35 bits per heavy atom. The van der Waals surface area contributed by atoms with Crippen molar-refractivity contribution in [2.75, 3.05) is 24.7 Å². The van der Waals surface area contributed by atoms with Crippen LogP contribution < -0.4 is 10.6 Å². The first-order valence-corrected chi connectivity index (χ1v) is 13.5. The number of hydrogen-bond donors (Lipinski definition) is 5. The van der Waals surface area contributed by atoms with Crippen LogP contribution in [0.5, 0.6) is 0 Å². The Hall–Kier alpha value is -3.71. The molecule has 5 N–H and O–H groups in total. The van der Waals surface area contributed by atoms with Gasteiger partial charge in [0, 0.05) is 31.5 Å². The number of carbonyl (C=O) groups is 1. The zero-order valence-corrected chi connectivity index (χ0v) is 21.9. The van der Waals surface area contributed by atoms with Crippen LogP contribution in [-0.2, 0) is 16.2 Å². The minimum Gasteiger partial charge on any atom is -0.351 e. The Kier molecular flexibility index (Phi) is 7.83. The van der Waals surface area contributed by atoms with Gasteiger partial charge < -0.3 is 25.2 Å². The molecule has 0 saturated carbocycles. The predicted molar refractivity (Wildman–Crippen MR) is 132 cm³/mol. The summed E-state index contributed by atoms with van der Waals surface area (Å²) in [5, 5.41) is 31.2. The van der Waals surface area contributed by atoms with Crippen molar-refractivity contribution in [3.05, 3.63) is 47.8 Å². The number of nitrogens with zero attached hydrogens (tertiary/aromatic N) is 6. The first kappa shape index (κ1) is 29.3. The molecule has 0 atom stereocenters. The number of aryl methyl sites for hydroxylation is 1. The van der Waals surface area contributed by atoms with Crippen molar-refractivity contribution in [1.29, 1.82) is 0 Å². The number of hydrogen-bond acceptors (Lipinski definition) is 11. The van der Waals surface area contributed by atoms with Crippen LogP contribution in [0.3, 0.4) is 0 Å². The highest BCUT2D eigenvalue weighted by atomic mass is 32.2. The third-order valence-corrected chi connectivity index (χ3v) is 7.33. The van der Waals surface area contributed by atoms with Crippen molar-refractivity contribution in [3.63, 3.8) is 0 Å². The summed E-state index contributed by atoms with van der Waals surface area (Å²) in [6, 6.07) is 2.35. The zero-order valence-electron chi connectivity index (χ0n) is 21.1. The molecule has 1 fully saturated rings. The summed E-state index contributed by atoms with van der Waals surface area (Å²) in [4.78, 5) is 28.0. The molecule has 216 valence electrons. The van der Waals surface area contributed by atoms with E-state index in [0.717, 1.165) is 6.26 Å². The summed E-state index contributed by atoms with van der Waals surface area (Å²) in [6.45, 7) is 2.00. The van der Waals surface area contributed by atoms with Gasteiger partial charge in [-0.25, -0.2) is 32.7 Å². The normalized spacial score (nSPS) is 15.7. The van der Waals surface area contributed by atoms with Crippen LogP contribution in [0.4, 0.5) is 19.1 Å². The van der Waals surface area contributed by atoms with Gasteiger partial charge in [0.25, 0.3) is 5.91 Å². The second-order valence-electron chi connectivity index (χ2n) is 9.09. The van der Waals surface area contributed by atoms with E-state index in [1.165, 1.54) is 45.8 Å². The molecular formula is C22H25F3N8O6S. The second-order valence-corrected chi connectivity index (χ2v) is 11.1. The van der Waals surface area contributed by atoms with E-state index in [2.05, 4.69) is 25.3 Å². The Morgan fingerprint density at radius 1 is 1.10 bits per heavy atom. The van der Waals surface area contributed by atoms with E-state index in [0.29, 0.717) is 24.7 Å². The van der Waals surface area contributed by atoms with Crippen LogP contribution in [0.15, 0.2) is 30.9 Å². The number of aliphatic hydroxyl groups is 3. The first-order valence-electron chi connectivity index (χ1n) is 11.7. The Bertz CT molecular complexity index is 1520. The molecule has 1 amide bonds. The fourth-order valence-electron chi connectivity index (χ4n) is 4.11. The molecule has 0 aromatic carbocycles. The van der Waals surface area contributed by atoms with E-state index >= 15 is 0 Å². The number of nitrogens with one attached hydrogen (secondary N) is 2. The average Bonchev–Trinajstić information content (AvgIpc) is 3.32. The molecule has 1 saturated heterocycles. The number of aromatic nitrogens is 5. The quantitative estimate of drug-likeness (QED) is 0.237. The van der Waals surface area contributed by atoms with Gasteiger partial charge in [-0.3, -0.25) is 10.1 Å². The van der Waals surface area contributed by atoms with Crippen LogP contribution >= 0.6 is 0 Å². The van der Waals surface area contributed by atoms with Gasteiger partial charge in [0.05, 0.1) is 17.6 Å². The van der Waals surface area contributed by atoms with Gasteiger partial charge in [0.1, 0.15) is 29.0 Å². The van der Waals surface area contributed by atoms with Crippen LogP contribution in [-0.4, -0.2) is 89.9 Å². The maximum absolute atomic E-state index is 13.8. The molecule has 1 aliphatic rings. The van der Waals surface area contributed by atoms with E-state index < -0.39 is 39.5 Å². The fraction of sp³-hybridized carbons (Fsp3) is 0.409. The minimum absolute atomic E-state index is 0.0729. The Labute approximate surface area is 225 Å². The molecule has 0 radical (unpaired) electrons. The van der Waals surface area contributed by atoms with E-state index in [1.807, 2.05) is 0 Å². The van der Waals surface area contributed by atoms with Crippen molar-refractivity contribution in [2.45, 2.75) is 38.1 Å². The standard InChI is InChI=1S/C22H25F3N8O6S/c1-12-17(4-3-15(28-12)19(34)31-22(35,36)37)32-10-16(27-11-32)18-14(21(23,24)25)9-26-20(30-18)29-13-5-7-33(8-6-13)40(2,38)39/h3-4,9-11,13,35-37H,5-8H2,1-2H3,(H,31,34)(H,26,29,30). The van der Waals surface area contributed by atoms with Crippen molar-refractivity contribution in [1.82, 2.24) is 34.1 Å². The van der Waals surface area contributed by atoms with Crippen molar-refractivity contribution in [3.8, 4) is 17.1 Å². The second kappa shape index (κ2) is 10.7. The third-order valence-electron chi connectivity index (χ3n) is 6.03. The summed E-state index contributed by atoms with van der Waals surface area (Å²) in [5.41, 5.74) is -1.41. The molecule has 18 heteroatoms. The number of imidazole rings is 1. The Balaban J connectivity index is 1.59. The van der Waals surface area contributed by atoms with Gasteiger partial charge >= 0.3 is 12.3 Å². The lowest BCUT2D eigenvalue weighted by molar-refractivity contribution is -0.323. The largest absolute Gasteiger partial charge is 0.420 e. The molecule has 3 aromatic rings. The number of carbonyl (C=O) groups excluding carboxylic acids is 1. The SMILES string of the molecule is Cc1nc(C(=O)NC(O)(O)O)ccc1-n1cnc(-c2nc(NC3CCN(S(C)(=O)=O)CC3)ncc2C(F)(F)F)c1. The van der Waals surface area contributed by atoms with Gasteiger partial charge in [-0.2, -0.15) is 13.2 Å². The zero-order chi connectivity index (χ0) is 29.5. The van der Waals surface area contributed by atoms with Crippen LogP contribution in [0.2, 0.25) is 0 Å². The first-order chi connectivity index (χ1) is 18.5. The summed E-state index contributed by atoms with van der Waals surface area (Å²) in [5.74, 6) is -1.16.